The van der Waals surface area contributed by atoms with E-state index in [4.69, 9.17) is 23.5 Å². The minimum absolute atomic E-state index is 0.0109. The molecule has 1 aromatic heterocycles. The highest BCUT2D eigenvalue weighted by atomic mass is 16.6. The van der Waals surface area contributed by atoms with E-state index in [1.165, 1.54) is 20.3 Å². The molecule has 1 fully saturated rings. The van der Waals surface area contributed by atoms with Crippen LogP contribution in [-0.4, -0.2) is 93.5 Å². The zero-order valence-electron chi connectivity index (χ0n) is 22.6. The monoisotopic (exact) mass is 546 g/mol. The predicted octanol–water partition coefficient (Wildman–Crippen LogP) is -0.0469. The standard InChI is InChI=1S/C26H34N4O9/c1-15-10-19(30-39-15)23(32)28-21(13-36-4)25(34)29-20(12-35-3)24(33)27-18(22(31)26(2)14-38-26)11-16-6-8-17(37-5)9-7-16/h6-10,18,20-21H,11-14H2,1-5H3,(H,27,33)(H,28,32)(H,29,34)/t18?,20-,21?,26+/m0/s1. The second-order valence-corrected chi connectivity index (χ2v) is 9.32. The highest BCUT2D eigenvalue weighted by molar-refractivity contribution is 5.99. The first-order valence-corrected chi connectivity index (χ1v) is 12.2. The molecular weight excluding hydrogens is 512 g/mol. The van der Waals surface area contributed by atoms with E-state index in [0.29, 0.717) is 11.5 Å². The first-order chi connectivity index (χ1) is 18.6. The van der Waals surface area contributed by atoms with E-state index in [-0.39, 0.29) is 37.7 Å². The number of aromatic nitrogens is 1. The number of nitrogens with one attached hydrogen (secondary N) is 3. The van der Waals surface area contributed by atoms with E-state index in [1.54, 1.807) is 45.2 Å². The molecule has 212 valence electrons. The summed E-state index contributed by atoms with van der Waals surface area (Å²) in [6.07, 6.45) is 0.195. The van der Waals surface area contributed by atoms with Crippen LogP contribution in [0.25, 0.3) is 0 Å². The van der Waals surface area contributed by atoms with Gasteiger partial charge in [0.25, 0.3) is 5.91 Å². The van der Waals surface area contributed by atoms with Gasteiger partial charge in [0, 0.05) is 20.3 Å². The van der Waals surface area contributed by atoms with Gasteiger partial charge < -0.3 is 39.4 Å². The summed E-state index contributed by atoms with van der Waals surface area (Å²) in [5, 5.41) is 11.4. The molecule has 4 atom stereocenters. The minimum Gasteiger partial charge on any atom is -0.497 e. The van der Waals surface area contributed by atoms with Crippen molar-refractivity contribution in [2.24, 2.45) is 0 Å². The Morgan fingerprint density at radius 1 is 0.949 bits per heavy atom. The van der Waals surface area contributed by atoms with Crippen molar-refractivity contribution in [1.82, 2.24) is 21.1 Å². The van der Waals surface area contributed by atoms with Crippen LogP contribution in [0, 0.1) is 6.92 Å². The summed E-state index contributed by atoms with van der Waals surface area (Å²) in [5.41, 5.74) is -0.210. The van der Waals surface area contributed by atoms with Gasteiger partial charge in [0.2, 0.25) is 11.8 Å². The Morgan fingerprint density at radius 2 is 1.51 bits per heavy atom. The lowest BCUT2D eigenvalue weighted by molar-refractivity contribution is -0.134. The van der Waals surface area contributed by atoms with Gasteiger partial charge in [0.05, 0.1) is 33.0 Å². The number of benzene rings is 1. The molecule has 2 unspecified atom stereocenters. The third-order valence-corrected chi connectivity index (χ3v) is 6.11. The van der Waals surface area contributed by atoms with Gasteiger partial charge in [-0.25, -0.2) is 0 Å². The molecule has 13 heteroatoms. The lowest BCUT2D eigenvalue weighted by Gasteiger charge is -2.25. The van der Waals surface area contributed by atoms with Gasteiger partial charge >= 0.3 is 0 Å². The number of amides is 3. The summed E-state index contributed by atoms with van der Waals surface area (Å²) in [5.74, 6) is -1.20. The van der Waals surface area contributed by atoms with Gasteiger partial charge in [0.15, 0.2) is 11.5 Å². The first kappa shape index (κ1) is 29.7. The number of methoxy groups -OCH3 is 3. The van der Waals surface area contributed by atoms with Gasteiger partial charge in [-0.2, -0.15) is 0 Å². The van der Waals surface area contributed by atoms with Crippen molar-refractivity contribution in [3.8, 4) is 5.75 Å². The number of carbonyl (C=O) groups is 4. The number of epoxide rings is 1. The summed E-state index contributed by atoms with van der Waals surface area (Å²) in [7, 11) is 4.28. The van der Waals surface area contributed by atoms with Crippen LogP contribution in [0.4, 0.5) is 0 Å². The predicted molar refractivity (Wildman–Crippen MR) is 136 cm³/mol. The summed E-state index contributed by atoms with van der Waals surface area (Å²) in [4.78, 5) is 52.0. The number of carbonyl (C=O) groups excluding carboxylic acids is 4. The van der Waals surface area contributed by atoms with Gasteiger partial charge in [0.1, 0.15) is 29.2 Å². The fourth-order valence-electron chi connectivity index (χ4n) is 3.78. The molecule has 13 nitrogen and oxygen atoms in total. The molecular formula is C26H34N4O9. The molecule has 1 saturated heterocycles. The molecule has 1 aliphatic rings. The third-order valence-electron chi connectivity index (χ3n) is 6.11. The Hall–Kier alpha value is -3.81. The second-order valence-electron chi connectivity index (χ2n) is 9.32. The minimum atomic E-state index is -1.17. The number of aryl methyl sites for hydroxylation is 1. The summed E-state index contributed by atoms with van der Waals surface area (Å²) >= 11 is 0. The van der Waals surface area contributed by atoms with Crippen molar-refractivity contribution in [1.29, 1.82) is 0 Å². The van der Waals surface area contributed by atoms with Crippen molar-refractivity contribution in [3.05, 3.63) is 47.3 Å². The Kier molecular flexibility index (Phi) is 10.2. The fraction of sp³-hybridized carbons (Fsp3) is 0.500. The topological polar surface area (TPSA) is 171 Å². The molecule has 0 radical (unpaired) electrons. The maximum atomic E-state index is 13.3. The van der Waals surface area contributed by atoms with Crippen molar-refractivity contribution < 1.29 is 42.6 Å². The van der Waals surface area contributed by atoms with E-state index in [0.717, 1.165) is 5.56 Å². The summed E-state index contributed by atoms with van der Waals surface area (Å²) < 4.78 is 25.6. The number of nitrogens with zero attached hydrogens (tertiary/aromatic N) is 1. The average Bonchev–Trinajstić information content (AvgIpc) is 3.52. The van der Waals surface area contributed by atoms with Gasteiger partial charge in [-0.3, -0.25) is 19.2 Å². The van der Waals surface area contributed by atoms with E-state index < -0.39 is 41.4 Å². The van der Waals surface area contributed by atoms with Crippen LogP contribution in [0.15, 0.2) is 34.9 Å². The smallest absolute Gasteiger partial charge is 0.274 e. The molecule has 0 aliphatic carbocycles. The van der Waals surface area contributed by atoms with Crippen molar-refractivity contribution in [3.63, 3.8) is 0 Å². The molecule has 2 aromatic rings. The molecule has 0 spiro atoms. The van der Waals surface area contributed by atoms with Gasteiger partial charge in [-0.05, 0) is 38.0 Å². The Balaban J connectivity index is 1.71. The molecule has 1 aliphatic heterocycles. The molecule has 2 heterocycles. The molecule has 0 saturated carbocycles. The first-order valence-electron chi connectivity index (χ1n) is 12.2. The molecule has 1 aromatic carbocycles. The maximum absolute atomic E-state index is 13.3. The van der Waals surface area contributed by atoms with Crippen LogP contribution < -0.4 is 20.7 Å². The molecule has 0 bridgehead atoms. The van der Waals surface area contributed by atoms with E-state index in [9.17, 15) is 19.2 Å². The SMILES string of the molecule is COCC(NC(=O)c1cc(C)on1)C(=O)N[C@@H](COC)C(=O)NC(Cc1ccc(OC)cc1)C(=O)[C@@]1(C)CO1. The lowest BCUT2D eigenvalue weighted by Crippen LogP contribution is -2.59. The number of Topliss-reactive ketones (excluding diaryl/α,β-unsaturated/α-hetero) is 1. The Labute approximate surface area is 225 Å². The normalized spacial score (nSPS) is 18.4. The number of hydrogen-bond donors (Lipinski definition) is 3. The van der Waals surface area contributed by atoms with E-state index in [1.807, 2.05) is 0 Å². The highest BCUT2D eigenvalue weighted by Crippen LogP contribution is 2.29. The third kappa shape index (κ3) is 8.09. The zero-order valence-corrected chi connectivity index (χ0v) is 22.6. The summed E-state index contributed by atoms with van der Waals surface area (Å²) in [6.45, 7) is 3.17. The Bertz CT molecular complexity index is 1160. The van der Waals surface area contributed by atoms with Crippen LogP contribution in [0.2, 0.25) is 0 Å². The number of ketones is 1. The quantitative estimate of drug-likeness (QED) is 0.257. The second kappa shape index (κ2) is 13.3. The van der Waals surface area contributed by atoms with Crippen LogP contribution >= 0.6 is 0 Å². The Morgan fingerprint density at radius 3 is 2.00 bits per heavy atom. The molecule has 3 rings (SSSR count). The molecule has 39 heavy (non-hydrogen) atoms. The van der Waals surface area contributed by atoms with Crippen molar-refractivity contribution >= 4 is 23.5 Å². The fourth-order valence-corrected chi connectivity index (χ4v) is 3.78. The van der Waals surface area contributed by atoms with Crippen LogP contribution in [0.3, 0.4) is 0 Å². The van der Waals surface area contributed by atoms with Gasteiger partial charge in [-0.1, -0.05) is 17.3 Å². The van der Waals surface area contributed by atoms with Gasteiger partial charge in [-0.15, -0.1) is 0 Å². The van der Waals surface area contributed by atoms with Crippen molar-refractivity contribution in [2.45, 2.75) is 44.0 Å². The number of rotatable bonds is 15. The number of hydrogen-bond acceptors (Lipinski definition) is 10. The highest BCUT2D eigenvalue weighted by Gasteiger charge is 2.50. The maximum Gasteiger partial charge on any atom is 0.274 e. The number of ether oxygens (including phenoxy) is 4. The van der Waals surface area contributed by atoms with Crippen LogP contribution in [0.1, 0.15) is 28.7 Å². The van der Waals surface area contributed by atoms with E-state index >= 15 is 0 Å². The molecule has 3 N–H and O–H groups in total. The molecule has 3 amide bonds. The lowest BCUT2D eigenvalue weighted by atomic mass is 9.94. The van der Waals surface area contributed by atoms with Crippen LogP contribution in [-0.2, 0) is 35.0 Å². The zero-order chi connectivity index (χ0) is 28.6. The van der Waals surface area contributed by atoms with E-state index in [2.05, 4.69) is 21.1 Å². The summed E-state index contributed by atoms with van der Waals surface area (Å²) in [6, 6.07) is 5.27. The average molecular weight is 547 g/mol. The van der Waals surface area contributed by atoms with Crippen molar-refractivity contribution in [2.75, 3.05) is 41.2 Å². The van der Waals surface area contributed by atoms with Crippen LogP contribution in [0.5, 0.6) is 5.75 Å². The largest absolute Gasteiger partial charge is 0.497 e.